The SMILES string of the molecule is CCc1cc2c(C(C)C)cc(C(C)C)cc2[cH-]1.CCc1cc2c(C(C)C)cc(C(C)C)cc2[cH-]1.Cc1cccc([Si](C)=[Hf+2])c1C. The second-order valence-corrected chi connectivity index (χ2v) is 24.0. The molecule has 0 heterocycles. The molecular weight excluding hydrogens is 723 g/mol. The summed E-state index contributed by atoms with van der Waals surface area (Å²) >= 11 is 1.35. The second kappa shape index (κ2) is 16.7. The fraction of sp³-hybridized carbons (Fsp3) is 0.442. The van der Waals surface area contributed by atoms with Gasteiger partial charge in [0.05, 0.1) is 0 Å². The normalized spacial score (nSPS) is 11.4. The van der Waals surface area contributed by atoms with Crippen LogP contribution in [0.3, 0.4) is 0 Å². The fourth-order valence-electron chi connectivity index (χ4n) is 6.06. The van der Waals surface area contributed by atoms with Crippen LogP contribution >= 0.6 is 0 Å². The van der Waals surface area contributed by atoms with Crippen molar-refractivity contribution < 1.29 is 23.0 Å². The average Bonchev–Trinajstić information content (AvgIpc) is 3.61. The van der Waals surface area contributed by atoms with Crippen molar-refractivity contribution in [2.24, 2.45) is 0 Å². The van der Waals surface area contributed by atoms with Crippen LogP contribution < -0.4 is 5.19 Å². The van der Waals surface area contributed by atoms with Gasteiger partial charge in [0.1, 0.15) is 0 Å². The molecule has 0 spiro atoms. The molecule has 5 aromatic carbocycles. The van der Waals surface area contributed by atoms with Crippen molar-refractivity contribution in [3.05, 3.63) is 111 Å². The zero-order chi connectivity index (χ0) is 33.6. The monoisotopic (exact) mass is 782 g/mol. The summed E-state index contributed by atoms with van der Waals surface area (Å²) in [5, 5.41) is 7.41. The maximum atomic E-state index is 2.40. The minimum absolute atomic E-state index is 0.126. The first-order chi connectivity index (χ1) is 21.2. The zero-order valence-corrected chi connectivity index (χ0v) is 35.2. The number of hydrogen-bond donors (Lipinski definition) is 0. The van der Waals surface area contributed by atoms with Gasteiger partial charge in [-0.1, -0.05) is 104 Å². The van der Waals surface area contributed by atoms with Gasteiger partial charge >= 0.3 is 83.4 Å². The molecule has 0 amide bonds. The first-order valence-electron chi connectivity index (χ1n) is 17.3. The van der Waals surface area contributed by atoms with Crippen LogP contribution in [-0.4, -0.2) is 5.49 Å². The molecule has 0 nitrogen and oxygen atoms in total. The summed E-state index contributed by atoms with van der Waals surface area (Å²) in [6.45, 7) is 29.6. The summed E-state index contributed by atoms with van der Waals surface area (Å²) in [4.78, 5) is 0. The van der Waals surface area contributed by atoms with Gasteiger partial charge in [-0.25, -0.2) is 0 Å². The summed E-state index contributed by atoms with van der Waals surface area (Å²) < 4.78 is 0. The van der Waals surface area contributed by atoms with Gasteiger partial charge in [0, 0.05) is 0 Å². The van der Waals surface area contributed by atoms with E-state index in [2.05, 4.69) is 156 Å². The molecule has 0 unspecified atom stereocenters. The van der Waals surface area contributed by atoms with E-state index in [0.717, 1.165) is 12.8 Å². The molecule has 238 valence electrons. The van der Waals surface area contributed by atoms with E-state index in [1.54, 1.807) is 5.19 Å². The Morgan fingerprint density at radius 2 is 1.04 bits per heavy atom. The van der Waals surface area contributed by atoms with Crippen molar-refractivity contribution in [3.63, 3.8) is 0 Å². The Balaban J connectivity index is 0.000000189. The third kappa shape index (κ3) is 9.51. The molecule has 2 heteroatoms. The molecule has 5 aromatic rings. The van der Waals surface area contributed by atoms with E-state index in [4.69, 9.17) is 0 Å². The predicted octanol–water partition coefficient (Wildman–Crippen LogP) is 12.4. The van der Waals surface area contributed by atoms with E-state index in [-0.39, 0.29) is 5.49 Å². The van der Waals surface area contributed by atoms with Gasteiger partial charge < -0.3 is 0 Å². The van der Waals surface area contributed by atoms with Crippen molar-refractivity contribution >= 4 is 32.2 Å². The third-order valence-corrected chi connectivity index (χ3v) is 13.5. The maximum absolute atomic E-state index is 2.40. The standard InChI is InChI=1S/2C17H23.C9H12Si.Hf/c2*1-6-13-7-15-9-14(11(2)3)10-16(12(4)5)17(15)8-13;1-7-5-4-6-9(10-3)8(7)2;/h2*7-12H,6H2,1-5H3;4-6H,1-3H3;/q2*-1;;+2. The summed E-state index contributed by atoms with van der Waals surface area (Å²) in [5.74, 6) is 2.42. The molecule has 0 saturated carbocycles. The number of aryl methyl sites for hydroxylation is 3. The first-order valence-corrected chi connectivity index (χ1v) is 24.6. The molecule has 45 heavy (non-hydrogen) atoms. The van der Waals surface area contributed by atoms with Crippen molar-refractivity contribution in [2.45, 2.75) is 126 Å². The van der Waals surface area contributed by atoms with Gasteiger partial charge in [-0.05, 0) is 36.5 Å². The Hall–Kier alpha value is -2.03. The zero-order valence-electron chi connectivity index (χ0n) is 30.6. The van der Waals surface area contributed by atoms with Gasteiger partial charge in [-0.3, -0.25) is 0 Å². The van der Waals surface area contributed by atoms with Crippen LogP contribution in [-0.2, 0) is 35.8 Å². The van der Waals surface area contributed by atoms with E-state index < -0.39 is 0 Å². The fourth-order valence-corrected chi connectivity index (χ4v) is 10.1. The molecular formula is C43H58HfSi. The van der Waals surface area contributed by atoms with E-state index in [1.165, 1.54) is 89.1 Å². The Morgan fingerprint density at radius 1 is 0.622 bits per heavy atom. The van der Waals surface area contributed by atoms with Crippen LogP contribution in [0.5, 0.6) is 0 Å². The van der Waals surface area contributed by atoms with Gasteiger partial charge in [0.2, 0.25) is 0 Å². The molecule has 5 rings (SSSR count). The van der Waals surface area contributed by atoms with Crippen LogP contribution in [0.15, 0.2) is 66.7 Å². The third-order valence-electron chi connectivity index (χ3n) is 9.28. The molecule has 0 radical (unpaired) electrons. The van der Waals surface area contributed by atoms with Crippen LogP contribution in [0.4, 0.5) is 0 Å². The quantitative estimate of drug-likeness (QED) is 0.114. The summed E-state index contributed by atoms with van der Waals surface area (Å²) in [6.07, 6.45) is 2.26. The molecule has 0 aliphatic rings. The summed E-state index contributed by atoms with van der Waals surface area (Å²) in [5.41, 5.74) is 11.7. The second-order valence-electron chi connectivity index (χ2n) is 14.2. The minimum atomic E-state index is -0.126. The van der Waals surface area contributed by atoms with Crippen molar-refractivity contribution in [1.29, 1.82) is 0 Å². The molecule has 0 aliphatic carbocycles. The Bertz CT molecular complexity index is 1620. The number of hydrogen-bond acceptors (Lipinski definition) is 0. The predicted molar refractivity (Wildman–Crippen MR) is 201 cm³/mol. The van der Waals surface area contributed by atoms with Crippen molar-refractivity contribution in [2.75, 3.05) is 0 Å². The van der Waals surface area contributed by atoms with E-state index in [9.17, 15) is 0 Å². The molecule has 0 atom stereocenters. The van der Waals surface area contributed by atoms with Crippen LogP contribution in [0.1, 0.15) is 137 Å². The number of benzene rings is 3. The number of rotatable bonds is 7. The topological polar surface area (TPSA) is 0 Å². The van der Waals surface area contributed by atoms with Crippen molar-refractivity contribution in [1.82, 2.24) is 0 Å². The Labute approximate surface area is 290 Å². The van der Waals surface area contributed by atoms with Crippen LogP contribution in [0.25, 0.3) is 21.5 Å². The average molecular weight is 782 g/mol. The van der Waals surface area contributed by atoms with Gasteiger partial charge in [0.15, 0.2) is 0 Å². The number of fused-ring (bicyclic) bond motifs is 2. The Morgan fingerprint density at radius 3 is 1.36 bits per heavy atom. The summed E-state index contributed by atoms with van der Waals surface area (Å²) in [6, 6.07) is 25.7. The van der Waals surface area contributed by atoms with Gasteiger partial charge in [-0.15, -0.1) is 56.9 Å². The summed E-state index contributed by atoms with van der Waals surface area (Å²) in [7, 11) is 0. The van der Waals surface area contributed by atoms with Crippen LogP contribution in [0, 0.1) is 13.8 Å². The van der Waals surface area contributed by atoms with Crippen LogP contribution in [0.2, 0.25) is 6.55 Å². The molecule has 0 N–H and O–H groups in total. The van der Waals surface area contributed by atoms with Gasteiger partial charge in [-0.2, -0.15) is 12.1 Å². The van der Waals surface area contributed by atoms with E-state index >= 15 is 0 Å². The van der Waals surface area contributed by atoms with E-state index in [0.29, 0.717) is 23.7 Å². The van der Waals surface area contributed by atoms with Crippen molar-refractivity contribution in [3.8, 4) is 0 Å². The molecule has 0 fully saturated rings. The molecule has 0 saturated heterocycles. The molecule has 0 aromatic heterocycles. The molecule has 0 bridgehead atoms. The van der Waals surface area contributed by atoms with E-state index in [1.807, 2.05) is 0 Å². The first kappa shape index (κ1) is 37.4. The van der Waals surface area contributed by atoms with Gasteiger partial charge in [0.25, 0.3) is 0 Å². The Kier molecular flexibility index (Phi) is 13.9. The molecule has 0 aliphatic heterocycles.